The van der Waals surface area contributed by atoms with Crippen molar-refractivity contribution < 1.29 is 37.0 Å². The zero-order chi connectivity index (χ0) is 33.4. The topological polar surface area (TPSA) is 137 Å². The lowest BCUT2D eigenvalue weighted by Gasteiger charge is -2.31. The van der Waals surface area contributed by atoms with Gasteiger partial charge in [-0.05, 0) is 68.0 Å². The number of aromatic nitrogens is 1. The number of amides is 2. The summed E-state index contributed by atoms with van der Waals surface area (Å²) in [6, 6.07) is 9.88. The van der Waals surface area contributed by atoms with Crippen LogP contribution >= 0.6 is 0 Å². The van der Waals surface area contributed by atoms with Gasteiger partial charge in [0.25, 0.3) is 0 Å². The number of halogens is 3. The van der Waals surface area contributed by atoms with Crippen molar-refractivity contribution in [2.24, 2.45) is 5.73 Å². The second-order valence-corrected chi connectivity index (χ2v) is 12.2. The maximum absolute atomic E-state index is 15.1. The number of nitrogens with one attached hydrogen (secondary N) is 3. The molecule has 2 aliphatic rings. The number of hydrogen-bond donors (Lipinski definition) is 4. The number of pyridine rings is 1. The summed E-state index contributed by atoms with van der Waals surface area (Å²) in [5.41, 5.74) is 7.56. The fourth-order valence-electron chi connectivity index (χ4n) is 5.94. The van der Waals surface area contributed by atoms with Gasteiger partial charge in [-0.3, -0.25) is 9.78 Å². The number of rotatable bonds is 12. The zero-order valence-electron chi connectivity index (χ0n) is 26.1. The van der Waals surface area contributed by atoms with Crippen molar-refractivity contribution in [3.63, 3.8) is 0 Å². The summed E-state index contributed by atoms with van der Waals surface area (Å²) in [5.74, 6) is -2.90. The van der Waals surface area contributed by atoms with Gasteiger partial charge in [-0.2, -0.15) is 0 Å². The highest BCUT2D eigenvalue weighted by atomic mass is 19.1. The van der Waals surface area contributed by atoms with Gasteiger partial charge in [0.05, 0.1) is 35.8 Å². The third-order valence-corrected chi connectivity index (χ3v) is 8.54. The van der Waals surface area contributed by atoms with Crippen LogP contribution in [0.15, 0.2) is 60.9 Å². The van der Waals surface area contributed by atoms with E-state index in [0.717, 1.165) is 19.0 Å². The van der Waals surface area contributed by atoms with Crippen molar-refractivity contribution in [3.05, 3.63) is 95.1 Å². The fourth-order valence-corrected chi connectivity index (χ4v) is 5.94. The lowest BCUT2D eigenvalue weighted by Crippen LogP contribution is -2.48. The SMILES string of the molecule is CC1(CNC(=O)OC[C@@H]2CNC[C@@H](CCc3c(F)cncc3NC(=O)[C@@H](N)C(c3ccc(F)cc3)c3ccc(F)cc3)O2)CCCO1. The molecule has 2 saturated heterocycles. The number of nitrogens with zero attached hydrogens (tertiary/aromatic N) is 1. The van der Waals surface area contributed by atoms with E-state index < -0.39 is 47.5 Å². The lowest BCUT2D eigenvalue weighted by atomic mass is 9.85. The molecule has 5 rings (SSSR count). The number of carbonyl (C=O) groups excluding carboxylic acids is 2. The summed E-state index contributed by atoms with van der Waals surface area (Å²) in [5, 5.41) is 8.72. The highest BCUT2D eigenvalue weighted by Crippen LogP contribution is 2.30. The van der Waals surface area contributed by atoms with E-state index in [9.17, 15) is 18.4 Å². The third kappa shape index (κ3) is 9.28. The first-order valence-electron chi connectivity index (χ1n) is 15.7. The number of ether oxygens (including phenoxy) is 3. The minimum atomic E-state index is -1.19. The van der Waals surface area contributed by atoms with Crippen LogP contribution in [0.25, 0.3) is 0 Å². The van der Waals surface area contributed by atoms with E-state index >= 15 is 4.39 Å². The van der Waals surface area contributed by atoms with Gasteiger partial charge >= 0.3 is 6.09 Å². The normalized spacial score (nSPS) is 21.7. The Bertz CT molecular complexity index is 1460. The first-order valence-corrected chi connectivity index (χ1v) is 15.7. The highest BCUT2D eigenvalue weighted by molar-refractivity contribution is 5.96. The number of anilines is 1. The van der Waals surface area contributed by atoms with E-state index in [-0.39, 0.29) is 36.0 Å². The van der Waals surface area contributed by atoms with Gasteiger partial charge in [0.2, 0.25) is 5.91 Å². The number of nitrogens with two attached hydrogens (primary N) is 1. The largest absolute Gasteiger partial charge is 0.447 e. The molecule has 1 unspecified atom stereocenters. The average molecular weight is 656 g/mol. The molecular formula is C34H40F3N5O5. The van der Waals surface area contributed by atoms with Crippen molar-refractivity contribution in [1.82, 2.24) is 15.6 Å². The summed E-state index contributed by atoms with van der Waals surface area (Å²) in [4.78, 5) is 29.6. The number of alkyl carbamates (subject to hydrolysis) is 1. The minimum Gasteiger partial charge on any atom is -0.447 e. The average Bonchev–Trinajstić information content (AvgIpc) is 3.51. The van der Waals surface area contributed by atoms with Gasteiger partial charge in [0.15, 0.2) is 0 Å². The molecule has 0 saturated carbocycles. The number of morpholine rings is 1. The Hall–Kier alpha value is -4.04. The molecule has 252 valence electrons. The molecule has 47 heavy (non-hydrogen) atoms. The van der Waals surface area contributed by atoms with E-state index in [0.29, 0.717) is 43.8 Å². The summed E-state index contributed by atoms with van der Waals surface area (Å²) in [6.45, 7) is 4.02. The fraction of sp³-hybridized carbons (Fsp3) is 0.441. The molecule has 0 bridgehead atoms. The Labute approximate surface area is 271 Å². The molecule has 5 N–H and O–H groups in total. The van der Waals surface area contributed by atoms with Gasteiger partial charge in [-0.25, -0.2) is 18.0 Å². The molecule has 2 fully saturated rings. The van der Waals surface area contributed by atoms with Gasteiger partial charge < -0.3 is 35.9 Å². The second-order valence-electron chi connectivity index (χ2n) is 12.2. The van der Waals surface area contributed by atoms with Crippen molar-refractivity contribution in [2.45, 2.75) is 62.4 Å². The quantitative estimate of drug-likeness (QED) is 0.228. The number of carbonyl (C=O) groups is 2. The van der Waals surface area contributed by atoms with Gasteiger partial charge in [-0.1, -0.05) is 24.3 Å². The Morgan fingerprint density at radius 3 is 2.34 bits per heavy atom. The molecular weight excluding hydrogens is 615 g/mol. The summed E-state index contributed by atoms with van der Waals surface area (Å²) < 4.78 is 59.6. The molecule has 1 aromatic heterocycles. The molecule has 0 radical (unpaired) electrons. The van der Waals surface area contributed by atoms with Crippen molar-refractivity contribution in [1.29, 1.82) is 0 Å². The van der Waals surface area contributed by atoms with Crippen molar-refractivity contribution in [3.8, 4) is 0 Å². The Morgan fingerprint density at radius 2 is 1.70 bits per heavy atom. The van der Waals surface area contributed by atoms with E-state index in [1.165, 1.54) is 54.7 Å². The van der Waals surface area contributed by atoms with Crippen molar-refractivity contribution >= 4 is 17.7 Å². The molecule has 10 nitrogen and oxygen atoms in total. The van der Waals surface area contributed by atoms with Crippen LogP contribution in [0.2, 0.25) is 0 Å². The zero-order valence-corrected chi connectivity index (χ0v) is 26.1. The van der Waals surface area contributed by atoms with E-state index in [1.54, 1.807) is 0 Å². The van der Waals surface area contributed by atoms with Crippen LogP contribution in [0.1, 0.15) is 48.8 Å². The van der Waals surface area contributed by atoms with Crippen LogP contribution in [-0.4, -0.2) is 73.7 Å². The van der Waals surface area contributed by atoms with Gasteiger partial charge in [0, 0.05) is 37.7 Å². The molecule has 2 aliphatic heterocycles. The number of hydrogen-bond acceptors (Lipinski definition) is 8. The maximum Gasteiger partial charge on any atom is 0.407 e. The van der Waals surface area contributed by atoms with E-state index in [1.807, 2.05) is 6.92 Å². The predicted octanol–water partition coefficient (Wildman–Crippen LogP) is 4.18. The van der Waals surface area contributed by atoms with Crippen LogP contribution in [-0.2, 0) is 25.4 Å². The van der Waals surface area contributed by atoms with Crippen LogP contribution in [0.3, 0.4) is 0 Å². The third-order valence-electron chi connectivity index (χ3n) is 8.54. The van der Waals surface area contributed by atoms with Crippen LogP contribution in [0, 0.1) is 17.5 Å². The summed E-state index contributed by atoms with van der Waals surface area (Å²) >= 11 is 0. The van der Waals surface area contributed by atoms with Crippen molar-refractivity contribution in [2.75, 3.05) is 38.2 Å². The van der Waals surface area contributed by atoms with E-state index in [4.69, 9.17) is 19.9 Å². The first-order chi connectivity index (χ1) is 22.6. The van der Waals surface area contributed by atoms with Crippen LogP contribution < -0.4 is 21.7 Å². The monoisotopic (exact) mass is 655 g/mol. The predicted molar refractivity (Wildman–Crippen MR) is 168 cm³/mol. The lowest BCUT2D eigenvalue weighted by molar-refractivity contribution is -0.117. The molecule has 2 amide bonds. The molecule has 3 aromatic rings. The smallest absolute Gasteiger partial charge is 0.407 e. The Balaban J connectivity index is 1.18. The Kier molecular flexibility index (Phi) is 11.5. The molecule has 2 aromatic carbocycles. The summed E-state index contributed by atoms with van der Waals surface area (Å²) in [6.07, 6.45) is 3.58. The number of benzene rings is 2. The minimum absolute atomic E-state index is 0.0407. The maximum atomic E-state index is 15.1. The van der Waals surface area contributed by atoms with Gasteiger partial charge in [-0.15, -0.1) is 0 Å². The molecule has 0 spiro atoms. The molecule has 13 heteroatoms. The first kappa shape index (κ1) is 34.3. The van der Waals surface area contributed by atoms with E-state index in [2.05, 4.69) is 20.9 Å². The molecule has 4 atom stereocenters. The second kappa shape index (κ2) is 15.7. The van der Waals surface area contributed by atoms with Gasteiger partial charge in [0.1, 0.15) is 30.2 Å². The highest BCUT2D eigenvalue weighted by Gasteiger charge is 2.31. The standard InChI is InChI=1S/C34H40F3N5O5/c1-34(13-2-14-46-34)20-41-33(44)45-19-26-16-39-15-25(47-26)11-12-27-28(37)17-40-18-29(27)42-32(43)31(38)30(21-3-7-23(35)8-4-21)22-5-9-24(36)10-6-22/h3-10,17-18,25-26,30-31,39H,2,11-16,19-20,38H2,1H3,(H,41,44)(H,42,43)/t25-,26+,31+,34?/m1/s1. The molecule has 0 aliphatic carbocycles. The Morgan fingerprint density at radius 1 is 1.04 bits per heavy atom. The van der Waals surface area contributed by atoms with Crippen LogP contribution in [0.5, 0.6) is 0 Å². The summed E-state index contributed by atoms with van der Waals surface area (Å²) in [7, 11) is 0. The van der Waals surface area contributed by atoms with Crippen LogP contribution in [0.4, 0.5) is 23.7 Å². The molecule has 3 heterocycles.